The maximum atomic E-state index is 12.7. The number of phosphoric ester groups is 2. The Kier molecular flexibility index (Phi) is 11.5. The predicted molar refractivity (Wildman–Crippen MR) is 170 cm³/mol. The average molecular weight is 812 g/mol. The smallest absolute Gasteiger partial charge is 0.387 e. The van der Waals surface area contributed by atoms with Crippen LogP contribution in [-0.4, -0.2) is 100 Å². The number of rotatable bonds is 14. The summed E-state index contributed by atoms with van der Waals surface area (Å²) in [6.07, 6.45) is -10.1. The van der Waals surface area contributed by atoms with Crippen LogP contribution in [0, 0.1) is 0 Å². The molecular weight excluding hydrogens is 781 g/mol. The Labute approximate surface area is 294 Å². The van der Waals surface area contributed by atoms with Crippen LogP contribution < -0.4 is 22.5 Å². The summed E-state index contributed by atoms with van der Waals surface area (Å²) in [6.45, 7) is -2.01. The van der Waals surface area contributed by atoms with E-state index >= 15 is 0 Å². The zero-order valence-corrected chi connectivity index (χ0v) is 29.3. The van der Waals surface area contributed by atoms with E-state index < -0.39 is 115 Å². The third-order valence-electron chi connectivity index (χ3n) is 7.95. The van der Waals surface area contributed by atoms with Crippen molar-refractivity contribution < 1.29 is 75.2 Å². The number of aromatic amines is 2. The van der Waals surface area contributed by atoms with Crippen molar-refractivity contribution in [3.8, 4) is 0 Å². The second-order valence-electron chi connectivity index (χ2n) is 11.6. The molecule has 6 rings (SSSR count). The summed E-state index contributed by atoms with van der Waals surface area (Å²) in [5.74, 6) is 0. The fourth-order valence-electron chi connectivity index (χ4n) is 5.67. The van der Waals surface area contributed by atoms with Crippen LogP contribution in [0.25, 0.3) is 0 Å². The molecule has 12 atom stereocenters. The number of nitrogens with one attached hydrogen (secondary N) is 2. The molecule has 5 heterocycles. The van der Waals surface area contributed by atoms with Crippen molar-refractivity contribution in [2.75, 3.05) is 13.2 Å². The molecule has 0 saturated carbocycles. The first-order valence-electron chi connectivity index (χ1n) is 15.3. The molecule has 3 aliphatic rings. The van der Waals surface area contributed by atoms with Gasteiger partial charge in [0.2, 0.25) is 0 Å². The molecule has 3 aliphatic heterocycles. The number of aliphatic hydroxyl groups is 2. The molecule has 2 aromatic heterocycles. The molecule has 3 saturated heterocycles. The van der Waals surface area contributed by atoms with Gasteiger partial charge in [-0.2, -0.15) is 8.62 Å². The summed E-state index contributed by atoms with van der Waals surface area (Å²) < 4.78 is 80.0. The van der Waals surface area contributed by atoms with Gasteiger partial charge in [-0.15, -0.1) is 0 Å². The van der Waals surface area contributed by atoms with Crippen LogP contribution in [0.3, 0.4) is 0 Å². The van der Waals surface area contributed by atoms with Crippen molar-refractivity contribution in [1.82, 2.24) is 19.1 Å². The van der Waals surface area contributed by atoms with Crippen LogP contribution in [0.15, 0.2) is 74.0 Å². The number of aromatic nitrogens is 4. The lowest BCUT2D eigenvalue weighted by Crippen LogP contribution is -2.37. The van der Waals surface area contributed by atoms with Gasteiger partial charge in [0.25, 0.3) is 11.1 Å². The number of nitrogens with zero attached hydrogens (tertiary/aromatic N) is 2. The van der Waals surface area contributed by atoms with Crippen LogP contribution in [0.2, 0.25) is 0 Å². The summed E-state index contributed by atoms with van der Waals surface area (Å²) in [5, 5.41) is 20.6. The van der Waals surface area contributed by atoms with E-state index in [-0.39, 0.29) is 6.42 Å². The van der Waals surface area contributed by atoms with E-state index in [4.69, 9.17) is 23.5 Å². The SMILES string of the molecule is O=c1ccn([C@@H]2O[C@H](COP(=O)(O)OP(=O)(O)OP(=O)(O)OC[C@@H]3O[C@H](n4ccc(=O)[nH]c4=O)C4OC(Cc5ccccc5)OC43)C(O)C2O)c(=O)[nH]1. The average Bonchev–Trinajstić information content (AvgIpc) is 3.70. The molecule has 1 aromatic carbocycles. The van der Waals surface area contributed by atoms with Crippen LogP contribution in [0.4, 0.5) is 0 Å². The Hall–Kier alpha value is -3.25. The van der Waals surface area contributed by atoms with Crippen molar-refractivity contribution in [3.05, 3.63) is 102 Å². The lowest BCUT2D eigenvalue weighted by atomic mass is 10.1. The van der Waals surface area contributed by atoms with Gasteiger partial charge < -0.3 is 43.8 Å². The standard InChI is InChI=1S/C26H31N4O20P3/c31-16-6-8-29(25(35)27-16)23-20(34)19(33)14(45-23)11-43-51(37,38)49-53(41,42)50-52(39,40)44-12-15-21-22(24(46-15)30-9-7-17(32)28-26(30)36)48-18(47-21)10-13-4-2-1-3-5-13/h1-9,14-15,18-24,33-34H,10-12H2,(H,37,38)(H,39,40)(H,41,42)(H,27,31,35)(H,28,32,36)/t14-,15+,18?,19?,20?,21?,22?,23-,24+/m1/s1. The van der Waals surface area contributed by atoms with Gasteiger partial charge in [0.05, 0.1) is 13.2 Å². The summed E-state index contributed by atoms with van der Waals surface area (Å²) in [5.41, 5.74) is -2.56. The molecule has 0 bridgehead atoms. The summed E-state index contributed by atoms with van der Waals surface area (Å²) in [4.78, 5) is 81.8. The summed E-state index contributed by atoms with van der Waals surface area (Å²) in [6, 6.07) is 10.9. The highest BCUT2D eigenvalue weighted by atomic mass is 31.3. The predicted octanol–water partition coefficient (Wildman–Crippen LogP) is -1.68. The number of fused-ring (bicyclic) bond motifs is 1. The van der Waals surface area contributed by atoms with E-state index in [9.17, 15) is 57.8 Å². The molecule has 290 valence electrons. The van der Waals surface area contributed by atoms with E-state index in [1.54, 1.807) is 30.3 Å². The number of phosphoric acid groups is 3. The van der Waals surface area contributed by atoms with E-state index in [2.05, 4.69) is 18.1 Å². The minimum Gasteiger partial charge on any atom is -0.387 e. The monoisotopic (exact) mass is 812 g/mol. The molecule has 8 unspecified atom stereocenters. The van der Waals surface area contributed by atoms with Crippen molar-refractivity contribution >= 4 is 23.5 Å². The van der Waals surface area contributed by atoms with Gasteiger partial charge >= 0.3 is 34.8 Å². The second-order valence-corrected chi connectivity index (χ2v) is 16.3. The number of aliphatic hydroxyl groups excluding tert-OH is 2. The molecule has 0 spiro atoms. The first-order chi connectivity index (χ1) is 24.9. The molecule has 3 aromatic rings. The zero-order valence-electron chi connectivity index (χ0n) is 26.6. The maximum absolute atomic E-state index is 12.7. The van der Waals surface area contributed by atoms with Gasteiger partial charge in [-0.1, -0.05) is 30.3 Å². The Morgan fingerprint density at radius 1 is 0.642 bits per heavy atom. The van der Waals surface area contributed by atoms with Gasteiger partial charge in [-0.25, -0.2) is 23.3 Å². The third-order valence-corrected chi connectivity index (χ3v) is 12.2. The third kappa shape index (κ3) is 9.35. The molecule has 53 heavy (non-hydrogen) atoms. The Balaban J connectivity index is 1.06. The number of benzene rings is 1. The largest absolute Gasteiger partial charge is 0.490 e. The second kappa shape index (κ2) is 15.5. The number of hydrogen-bond acceptors (Lipinski definition) is 17. The van der Waals surface area contributed by atoms with Crippen LogP contribution in [0.5, 0.6) is 0 Å². The molecular formula is C26H31N4O20P3. The Morgan fingerprint density at radius 2 is 1.15 bits per heavy atom. The van der Waals surface area contributed by atoms with E-state index in [0.717, 1.165) is 34.7 Å². The normalized spacial score (nSPS) is 31.8. The lowest BCUT2D eigenvalue weighted by molar-refractivity contribution is -0.150. The highest BCUT2D eigenvalue weighted by Crippen LogP contribution is 2.68. The van der Waals surface area contributed by atoms with Crippen LogP contribution in [0.1, 0.15) is 18.0 Å². The van der Waals surface area contributed by atoms with Crippen molar-refractivity contribution in [2.45, 2.75) is 61.8 Å². The van der Waals surface area contributed by atoms with Crippen LogP contribution >= 0.6 is 23.5 Å². The number of H-pyrrole nitrogens is 2. The van der Waals surface area contributed by atoms with Gasteiger partial charge in [0, 0.05) is 30.9 Å². The summed E-state index contributed by atoms with van der Waals surface area (Å²) in [7, 11) is -17.3. The summed E-state index contributed by atoms with van der Waals surface area (Å²) >= 11 is 0. The number of ether oxygens (including phenoxy) is 4. The van der Waals surface area contributed by atoms with Crippen LogP contribution in [-0.2, 0) is 56.7 Å². The maximum Gasteiger partial charge on any atom is 0.490 e. The van der Waals surface area contributed by atoms with E-state index in [1.807, 2.05) is 4.98 Å². The van der Waals surface area contributed by atoms with Crippen molar-refractivity contribution in [3.63, 3.8) is 0 Å². The fourth-order valence-corrected chi connectivity index (χ4v) is 9.19. The first-order valence-corrected chi connectivity index (χ1v) is 19.7. The van der Waals surface area contributed by atoms with E-state index in [0.29, 0.717) is 4.57 Å². The minimum atomic E-state index is -5.98. The van der Waals surface area contributed by atoms with Crippen molar-refractivity contribution in [1.29, 1.82) is 0 Å². The topological polar surface area (TPSA) is 336 Å². The molecule has 0 aliphatic carbocycles. The highest BCUT2D eigenvalue weighted by molar-refractivity contribution is 7.66. The number of hydrogen-bond donors (Lipinski definition) is 7. The molecule has 0 amide bonds. The molecule has 7 N–H and O–H groups in total. The molecule has 24 nitrogen and oxygen atoms in total. The van der Waals surface area contributed by atoms with Gasteiger partial charge in [0.15, 0.2) is 18.7 Å². The van der Waals surface area contributed by atoms with Gasteiger partial charge in [-0.05, 0) is 5.56 Å². The molecule has 3 fully saturated rings. The molecule has 0 radical (unpaired) electrons. The van der Waals surface area contributed by atoms with Gasteiger partial charge in [-0.3, -0.25) is 37.7 Å². The first kappa shape index (κ1) is 39.4. The van der Waals surface area contributed by atoms with Gasteiger partial charge in [0.1, 0.15) is 36.6 Å². The zero-order chi connectivity index (χ0) is 38.3. The molecule has 27 heteroatoms. The van der Waals surface area contributed by atoms with E-state index in [1.165, 1.54) is 0 Å². The van der Waals surface area contributed by atoms with Crippen molar-refractivity contribution in [2.24, 2.45) is 0 Å². The lowest BCUT2D eigenvalue weighted by Gasteiger charge is -2.22. The fraction of sp³-hybridized carbons (Fsp3) is 0.462. The minimum absolute atomic E-state index is 0.243. The highest BCUT2D eigenvalue weighted by Gasteiger charge is 2.55. The quantitative estimate of drug-likeness (QED) is 0.0894. The Morgan fingerprint density at radius 3 is 1.72 bits per heavy atom. The Bertz CT molecular complexity index is 2180.